The van der Waals surface area contributed by atoms with Crippen molar-refractivity contribution in [3.63, 3.8) is 0 Å². The van der Waals surface area contributed by atoms with Crippen LogP contribution in [0.25, 0.3) is 16.8 Å². The molecule has 8 nitrogen and oxygen atoms in total. The molecule has 0 bridgehead atoms. The molecule has 2 heterocycles. The third kappa shape index (κ3) is 4.54. The molecule has 1 saturated heterocycles. The minimum atomic E-state index is -0.605. The fraction of sp³-hybridized carbons (Fsp3) is 0.280. The van der Waals surface area contributed by atoms with Crippen molar-refractivity contribution in [2.45, 2.75) is 18.9 Å². The van der Waals surface area contributed by atoms with E-state index >= 15 is 0 Å². The molecular weight excluding hydrogens is 431 g/mol. The van der Waals surface area contributed by atoms with E-state index in [4.69, 9.17) is 26.4 Å². The second-order valence-corrected chi connectivity index (χ2v) is 8.21. The summed E-state index contributed by atoms with van der Waals surface area (Å²) in [7, 11) is 3.56. The first-order valence-corrected chi connectivity index (χ1v) is 11.1. The average molecular weight is 459 g/mol. The Kier molecular flexibility index (Phi) is 6.70. The van der Waals surface area contributed by atoms with Crippen LogP contribution < -0.4 is 21.3 Å². The number of nitrogens with two attached hydrogens (primary N) is 1. The maximum Gasteiger partial charge on any atom is 0.227 e. The van der Waals surface area contributed by atoms with Gasteiger partial charge in [-0.3, -0.25) is 0 Å². The molecule has 0 spiro atoms. The Bertz CT molecular complexity index is 1250. The Morgan fingerprint density at radius 2 is 2.00 bits per heavy atom. The van der Waals surface area contributed by atoms with Gasteiger partial charge in [-0.2, -0.15) is 10.2 Å². The fourth-order valence-corrected chi connectivity index (χ4v) is 4.10. The maximum atomic E-state index is 14.6. The molecule has 2 aromatic rings. The normalized spacial score (nSPS) is 17.5. The third-order valence-corrected chi connectivity index (χ3v) is 5.96. The second-order valence-electron chi connectivity index (χ2n) is 8.21. The minimum absolute atomic E-state index is 0.0251. The van der Waals surface area contributed by atoms with Crippen molar-refractivity contribution in [1.29, 1.82) is 10.7 Å². The van der Waals surface area contributed by atoms with Gasteiger partial charge in [0.2, 0.25) is 5.95 Å². The standard InChI is InChI=1S/C25H27FN8/c1-30-14-18-11-15(5-6-21(18)29)22-23(16-3-4-17(13-27)20(26)12-16)32-25(33-24(22)31-2)34-9-7-19(28)8-10-34/h3-6,11-12,14,19,29-30H,7-10,28H2,1-2H3,(H,31,32,33)/b18-14-,29-21?. The quantitative estimate of drug-likeness (QED) is 0.542. The van der Waals surface area contributed by atoms with Gasteiger partial charge in [-0.15, -0.1) is 0 Å². The Morgan fingerprint density at radius 1 is 1.24 bits per heavy atom. The van der Waals surface area contributed by atoms with E-state index in [1.165, 1.54) is 12.1 Å². The second kappa shape index (κ2) is 9.85. The van der Waals surface area contributed by atoms with Gasteiger partial charge in [-0.1, -0.05) is 12.1 Å². The fourth-order valence-electron chi connectivity index (χ4n) is 4.10. The zero-order valence-corrected chi connectivity index (χ0v) is 19.2. The minimum Gasteiger partial charge on any atom is -0.393 e. The highest BCUT2D eigenvalue weighted by atomic mass is 19.1. The summed E-state index contributed by atoms with van der Waals surface area (Å²) < 4.78 is 14.6. The lowest BCUT2D eigenvalue weighted by Crippen LogP contribution is -2.40. The predicted octanol–water partition coefficient (Wildman–Crippen LogP) is 3.20. The van der Waals surface area contributed by atoms with E-state index in [0.717, 1.165) is 31.5 Å². The van der Waals surface area contributed by atoms with Crippen molar-refractivity contribution in [1.82, 2.24) is 15.3 Å². The highest BCUT2D eigenvalue weighted by molar-refractivity contribution is 6.14. The van der Waals surface area contributed by atoms with Crippen molar-refractivity contribution in [3.05, 3.63) is 65.1 Å². The Balaban J connectivity index is 1.93. The molecule has 1 aliphatic heterocycles. The first-order valence-electron chi connectivity index (χ1n) is 11.1. The van der Waals surface area contributed by atoms with E-state index in [1.54, 1.807) is 32.4 Å². The average Bonchev–Trinajstić information content (AvgIpc) is 2.85. The molecule has 1 aromatic heterocycles. The van der Waals surface area contributed by atoms with Crippen molar-refractivity contribution in [2.75, 3.05) is 37.4 Å². The number of benzene rings is 1. The van der Waals surface area contributed by atoms with Crippen LogP contribution >= 0.6 is 0 Å². The van der Waals surface area contributed by atoms with Crippen LogP contribution in [-0.2, 0) is 0 Å². The summed E-state index contributed by atoms with van der Waals surface area (Å²) in [6.45, 7) is 1.47. The number of hydrogen-bond donors (Lipinski definition) is 4. The SMILES string of the molecule is CN/C=C1/C=C(c2c(NC)nc(N3CCC(N)CC3)nc2-c2ccc(C#N)c(F)c2)C=CC1=N. The summed E-state index contributed by atoms with van der Waals surface area (Å²) in [6.07, 6.45) is 8.85. The largest absolute Gasteiger partial charge is 0.393 e. The van der Waals surface area contributed by atoms with Gasteiger partial charge in [0.15, 0.2) is 0 Å². The lowest BCUT2D eigenvalue weighted by Gasteiger charge is -2.31. The monoisotopic (exact) mass is 458 g/mol. The van der Waals surface area contributed by atoms with Gasteiger partial charge >= 0.3 is 0 Å². The number of nitrogens with zero attached hydrogens (tertiary/aromatic N) is 4. The van der Waals surface area contributed by atoms with Crippen LogP contribution in [0.4, 0.5) is 16.2 Å². The van der Waals surface area contributed by atoms with Gasteiger partial charge in [0.05, 0.1) is 22.5 Å². The number of halogens is 1. The lowest BCUT2D eigenvalue weighted by molar-refractivity contribution is 0.496. The summed E-state index contributed by atoms with van der Waals surface area (Å²) in [5.74, 6) is 0.526. The van der Waals surface area contributed by atoms with Crippen molar-refractivity contribution in [3.8, 4) is 17.3 Å². The third-order valence-electron chi connectivity index (χ3n) is 5.96. The predicted molar refractivity (Wildman–Crippen MR) is 133 cm³/mol. The van der Waals surface area contributed by atoms with Crippen LogP contribution in [0.5, 0.6) is 0 Å². The highest BCUT2D eigenvalue weighted by Gasteiger charge is 2.25. The molecule has 34 heavy (non-hydrogen) atoms. The number of nitriles is 1. The number of rotatable bonds is 5. The van der Waals surface area contributed by atoms with Crippen LogP contribution in [0, 0.1) is 22.6 Å². The molecule has 1 aromatic carbocycles. The van der Waals surface area contributed by atoms with E-state index in [2.05, 4.69) is 15.5 Å². The Morgan fingerprint density at radius 3 is 2.65 bits per heavy atom. The summed E-state index contributed by atoms with van der Waals surface area (Å²) >= 11 is 0. The first kappa shape index (κ1) is 23.1. The molecule has 4 rings (SSSR count). The molecule has 5 N–H and O–H groups in total. The molecule has 0 radical (unpaired) electrons. The number of piperidine rings is 1. The number of aromatic nitrogens is 2. The van der Waals surface area contributed by atoms with E-state index < -0.39 is 5.82 Å². The molecule has 1 aliphatic carbocycles. The molecule has 9 heteroatoms. The van der Waals surface area contributed by atoms with E-state index in [9.17, 15) is 4.39 Å². The number of hydrogen-bond acceptors (Lipinski definition) is 8. The molecule has 0 unspecified atom stereocenters. The molecular formula is C25H27FN8. The van der Waals surface area contributed by atoms with Crippen molar-refractivity contribution >= 4 is 23.1 Å². The number of anilines is 2. The van der Waals surface area contributed by atoms with Crippen molar-refractivity contribution < 1.29 is 4.39 Å². The smallest absolute Gasteiger partial charge is 0.227 e. The summed E-state index contributed by atoms with van der Waals surface area (Å²) in [5.41, 5.74) is 9.68. The highest BCUT2D eigenvalue weighted by Crippen LogP contribution is 2.37. The molecule has 0 amide bonds. The lowest BCUT2D eigenvalue weighted by atomic mass is 9.92. The van der Waals surface area contributed by atoms with E-state index in [0.29, 0.717) is 39.9 Å². The molecule has 1 fully saturated rings. The summed E-state index contributed by atoms with van der Waals surface area (Å²) in [4.78, 5) is 11.8. The first-order chi connectivity index (χ1) is 16.4. The number of nitrogens with one attached hydrogen (secondary N) is 3. The van der Waals surface area contributed by atoms with Crippen LogP contribution in [0.1, 0.15) is 24.0 Å². The van der Waals surface area contributed by atoms with Crippen LogP contribution in [0.15, 0.2) is 48.2 Å². The zero-order chi connectivity index (χ0) is 24.2. The molecule has 2 aliphatic rings. The topological polar surface area (TPSA) is 127 Å². The molecule has 0 atom stereocenters. The Hall–Kier alpha value is -4.03. The van der Waals surface area contributed by atoms with Gasteiger partial charge in [0.1, 0.15) is 17.7 Å². The summed E-state index contributed by atoms with van der Waals surface area (Å²) in [5, 5.41) is 23.5. The molecule has 0 saturated carbocycles. The van der Waals surface area contributed by atoms with Crippen LogP contribution in [0.2, 0.25) is 0 Å². The van der Waals surface area contributed by atoms with Crippen LogP contribution in [-0.4, -0.2) is 48.9 Å². The van der Waals surface area contributed by atoms with Gasteiger partial charge in [-0.05, 0) is 42.7 Å². The van der Waals surface area contributed by atoms with E-state index in [-0.39, 0.29) is 11.6 Å². The van der Waals surface area contributed by atoms with E-state index in [1.807, 2.05) is 18.2 Å². The van der Waals surface area contributed by atoms with Gasteiger partial charge < -0.3 is 26.7 Å². The summed E-state index contributed by atoms with van der Waals surface area (Å²) in [6, 6.07) is 6.52. The van der Waals surface area contributed by atoms with Crippen LogP contribution in [0.3, 0.4) is 0 Å². The van der Waals surface area contributed by atoms with Gasteiger partial charge in [0.25, 0.3) is 0 Å². The van der Waals surface area contributed by atoms with Gasteiger partial charge in [0, 0.05) is 50.6 Å². The number of allylic oxidation sites excluding steroid dienone is 5. The zero-order valence-electron chi connectivity index (χ0n) is 19.2. The maximum absolute atomic E-state index is 14.6. The Labute approximate surface area is 198 Å². The molecule has 174 valence electrons. The van der Waals surface area contributed by atoms with Crippen molar-refractivity contribution in [2.24, 2.45) is 5.73 Å². The van der Waals surface area contributed by atoms with Gasteiger partial charge in [-0.25, -0.2) is 9.37 Å².